The van der Waals surface area contributed by atoms with E-state index < -0.39 is 55.0 Å². The van der Waals surface area contributed by atoms with Crippen molar-refractivity contribution in [2.45, 2.75) is 204 Å². The lowest BCUT2D eigenvalue weighted by Gasteiger charge is -2.42. The topological polar surface area (TPSA) is 107 Å². The molecule has 0 bridgehead atoms. The molecule has 1 aliphatic heterocycles. The average Bonchev–Trinajstić information content (AvgIpc) is 3.88. The van der Waals surface area contributed by atoms with Crippen LogP contribution >= 0.6 is 0 Å². The molecule has 2 N–H and O–H groups in total. The molecule has 5 unspecified atom stereocenters. The van der Waals surface area contributed by atoms with Gasteiger partial charge in [-0.05, 0) is 107 Å². The number of alkyl halides is 3. The Hall–Kier alpha value is -2.41. The van der Waals surface area contributed by atoms with Gasteiger partial charge in [0.2, 0.25) is 0 Å². The van der Waals surface area contributed by atoms with Crippen molar-refractivity contribution in [1.82, 2.24) is 0 Å². The molecule has 1 aromatic carbocycles. The number of esters is 1. The summed E-state index contributed by atoms with van der Waals surface area (Å²) < 4.78 is 72.9. The summed E-state index contributed by atoms with van der Waals surface area (Å²) in [6.07, 6.45) is 2.21. The van der Waals surface area contributed by atoms with Crippen LogP contribution in [0.2, 0.25) is 54.4 Å². The lowest BCUT2D eigenvalue weighted by Crippen LogP contribution is -2.48. The van der Waals surface area contributed by atoms with Gasteiger partial charge in [0, 0.05) is 25.7 Å². The quantitative estimate of drug-likeness (QED) is 0.0977. The van der Waals surface area contributed by atoms with E-state index in [9.17, 15) is 18.0 Å². The second-order valence-electron chi connectivity index (χ2n) is 23.1. The molecule has 5 rings (SSSR count). The van der Waals surface area contributed by atoms with Gasteiger partial charge < -0.3 is 33.0 Å². The van der Waals surface area contributed by atoms with Crippen molar-refractivity contribution in [2.24, 2.45) is 0 Å². The predicted molar refractivity (Wildman–Crippen MR) is 271 cm³/mol. The Kier molecular flexibility index (Phi) is 19.8. The number of benzene rings is 1. The average molecular weight is 979 g/mol. The predicted octanol–water partition coefficient (Wildman–Crippen LogP) is 13.0. The Morgan fingerprint density at radius 2 is 1.06 bits per heavy atom. The smallest absolute Gasteiger partial charge is 0.338 e. The number of hydrogen-bond acceptors (Lipinski definition) is 8. The molecule has 1 saturated heterocycles. The van der Waals surface area contributed by atoms with E-state index in [4.69, 9.17) is 33.0 Å². The molecule has 8 atom stereocenters. The molecule has 1 spiro atoms. The monoisotopic (exact) mass is 979 g/mol. The summed E-state index contributed by atoms with van der Waals surface area (Å²) in [5.41, 5.74) is 2.79. The first kappa shape index (κ1) is 57.9. The van der Waals surface area contributed by atoms with Gasteiger partial charge in [0.05, 0.1) is 37.1 Å². The van der Waals surface area contributed by atoms with E-state index in [1.54, 1.807) is 36.4 Å². The molecule has 3 saturated carbocycles. The normalized spacial score (nSPS) is 29.0. The zero-order valence-electron chi connectivity index (χ0n) is 43.0. The molecule has 3 aliphatic carbocycles. The van der Waals surface area contributed by atoms with Crippen LogP contribution in [-0.4, -0.2) is 109 Å². The van der Waals surface area contributed by atoms with Crippen molar-refractivity contribution in [3.05, 3.63) is 95.6 Å². The third kappa shape index (κ3) is 15.0. The van der Waals surface area contributed by atoms with Gasteiger partial charge in [-0.2, -0.15) is 0 Å². The molecule has 14 heteroatoms. The third-order valence-electron chi connectivity index (χ3n) is 15.0. The fourth-order valence-electron chi connectivity index (χ4n) is 7.62. The molecule has 4 fully saturated rings. The number of carbonyl (C=O) groups excluding carboxylic acids is 1. The van der Waals surface area contributed by atoms with Crippen LogP contribution in [0.15, 0.2) is 90.1 Å². The van der Waals surface area contributed by atoms with Gasteiger partial charge in [-0.25, -0.2) is 18.0 Å². The lowest BCUT2D eigenvalue weighted by atomic mass is 9.80. The minimum atomic E-state index is -2.02. The molecule has 1 aromatic rings. The van der Waals surface area contributed by atoms with Crippen molar-refractivity contribution < 1.29 is 50.9 Å². The summed E-state index contributed by atoms with van der Waals surface area (Å²) in [6, 6.07) is 8.81. The number of rotatable bonds is 11. The van der Waals surface area contributed by atoms with Gasteiger partial charge in [0.25, 0.3) is 0 Å². The third-order valence-corrected chi connectivity index (χ3v) is 28.6. The highest BCUT2D eigenvalue weighted by molar-refractivity contribution is 6.75. The first-order valence-electron chi connectivity index (χ1n) is 23.7. The minimum absolute atomic E-state index is 0.0510. The maximum absolute atomic E-state index is 14.7. The highest BCUT2D eigenvalue weighted by Crippen LogP contribution is 2.53. The summed E-state index contributed by atoms with van der Waals surface area (Å²) in [4.78, 5) is 12.2. The van der Waals surface area contributed by atoms with E-state index in [1.165, 1.54) is 0 Å². The summed E-state index contributed by atoms with van der Waals surface area (Å²) >= 11 is 0. The zero-order valence-corrected chi connectivity index (χ0v) is 46.0. The number of allylic oxidation sites excluding steroid dienone is 2. The van der Waals surface area contributed by atoms with Crippen LogP contribution in [0.5, 0.6) is 0 Å². The number of carbonyl (C=O) groups is 1. The van der Waals surface area contributed by atoms with Crippen molar-refractivity contribution in [2.75, 3.05) is 19.8 Å². The molecule has 66 heavy (non-hydrogen) atoms. The Bertz CT molecular complexity index is 1820. The molecule has 374 valence electrons. The van der Waals surface area contributed by atoms with E-state index in [2.05, 4.69) is 121 Å². The number of aliphatic hydroxyl groups excluding tert-OH is 2. The molecule has 0 aromatic heterocycles. The van der Waals surface area contributed by atoms with Crippen molar-refractivity contribution in [3.63, 3.8) is 0 Å². The number of halogens is 3. The van der Waals surface area contributed by atoms with Crippen molar-refractivity contribution >= 4 is 30.9 Å². The van der Waals surface area contributed by atoms with Crippen LogP contribution in [0.1, 0.15) is 111 Å². The van der Waals surface area contributed by atoms with Gasteiger partial charge in [0.1, 0.15) is 36.8 Å². The highest BCUT2D eigenvalue weighted by Gasteiger charge is 2.64. The fraction of sp³-hybridized carbons (Fsp3) is 0.673. The Balaban J connectivity index is 0.000000272. The van der Waals surface area contributed by atoms with E-state index in [0.29, 0.717) is 60.8 Å². The van der Waals surface area contributed by atoms with Gasteiger partial charge in [-0.1, -0.05) is 112 Å². The van der Waals surface area contributed by atoms with E-state index in [0.717, 1.165) is 11.1 Å². The van der Waals surface area contributed by atoms with Crippen LogP contribution in [0, 0.1) is 0 Å². The molecule has 0 amide bonds. The largest absolute Gasteiger partial charge is 0.459 e. The van der Waals surface area contributed by atoms with E-state index in [1.807, 2.05) is 6.07 Å². The second kappa shape index (κ2) is 22.6. The molecule has 8 nitrogen and oxygen atoms in total. The molecular formula is C52H85F3O8Si3. The van der Waals surface area contributed by atoms with Crippen molar-refractivity contribution in [3.8, 4) is 0 Å². The van der Waals surface area contributed by atoms with E-state index >= 15 is 0 Å². The Labute approximate surface area is 399 Å². The minimum Gasteiger partial charge on any atom is -0.459 e. The Morgan fingerprint density at radius 3 is 1.44 bits per heavy atom. The van der Waals surface area contributed by atoms with Gasteiger partial charge in [-0.3, -0.25) is 0 Å². The summed E-state index contributed by atoms with van der Waals surface area (Å²) in [7, 11) is -5.78. The maximum atomic E-state index is 14.7. The molecule has 0 radical (unpaired) electrons. The molecule has 1 heterocycles. The van der Waals surface area contributed by atoms with Crippen LogP contribution in [-0.2, 0) is 22.8 Å². The first-order valence-corrected chi connectivity index (χ1v) is 32.4. The highest BCUT2D eigenvalue weighted by atomic mass is 28.4. The van der Waals surface area contributed by atoms with Gasteiger partial charge in [0.15, 0.2) is 25.0 Å². The lowest BCUT2D eigenvalue weighted by molar-refractivity contribution is 0.0476. The molecular weight excluding hydrogens is 894 g/mol. The zero-order chi connectivity index (χ0) is 50.4. The molecule has 4 aliphatic rings. The fourth-order valence-corrected chi connectivity index (χ4v) is 11.7. The summed E-state index contributed by atoms with van der Waals surface area (Å²) in [5.74, 6) is -0.404. The number of hydrogen-bond donors (Lipinski definition) is 2. The Morgan fingerprint density at radius 1 is 0.682 bits per heavy atom. The summed E-state index contributed by atoms with van der Waals surface area (Å²) in [6.45, 7) is 44.1. The van der Waals surface area contributed by atoms with Crippen LogP contribution in [0.25, 0.3) is 0 Å². The number of aliphatic hydroxyl groups is 2. The number of epoxide rings is 1. The summed E-state index contributed by atoms with van der Waals surface area (Å²) in [5, 5.41) is 18.3. The van der Waals surface area contributed by atoms with Crippen molar-refractivity contribution in [1.29, 1.82) is 0 Å². The second-order valence-corrected chi connectivity index (χ2v) is 37.4. The first-order chi connectivity index (χ1) is 30.1. The SMILES string of the molecule is C=C1/C(=C\CO)CC(O[Si](C)(C)C(C)(C)C)C[C@@H]1F.C=C1/C(=C\CO)CC(O[Si](C)(C)C(C)(C)C)C[C@@H]1F.C=C1[C@@H](F)CC(O[Si](C)(C)C(C)(C)C)CC12OC2COC(=O)c1ccccc1. The van der Waals surface area contributed by atoms with Crippen LogP contribution < -0.4 is 0 Å². The van der Waals surface area contributed by atoms with Crippen LogP contribution in [0.3, 0.4) is 0 Å². The van der Waals surface area contributed by atoms with Gasteiger partial charge in [-0.15, -0.1) is 0 Å². The maximum Gasteiger partial charge on any atom is 0.338 e. The van der Waals surface area contributed by atoms with Crippen LogP contribution in [0.4, 0.5) is 13.2 Å². The van der Waals surface area contributed by atoms with Gasteiger partial charge >= 0.3 is 5.97 Å². The number of ether oxygens (including phenoxy) is 2. The standard InChI is InChI=1S/C22H31FO4Si.2C15H27FO2Si/c1-15-18(23)12-17(27-28(5,6)21(2,3)4)13-22(15)19(26-22)14-25-20(24)16-10-8-7-9-11-16;2*1-11-12(7-8-17)9-13(10-14(11)16)18-19(5,6)15(2,3)4/h7-11,17-19H,1,12-14H2,2-6H3;2*7,13-14,17H,1,8-10H2,2-6H3/b;2*12-7-/t17?,18-,19?,22?;2*13?,14-/m000/s1. The van der Waals surface area contributed by atoms with E-state index in [-0.39, 0.29) is 59.4 Å².